The highest BCUT2D eigenvalue weighted by atomic mass is 15.1. The van der Waals surface area contributed by atoms with Gasteiger partial charge in [-0.2, -0.15) is 0 Å². The Balaban J connectivity index is 1.64. The third-order valence-corrected chi connectivity index (χ3v) is 5.70. The predicted molar refractivity (Wildman–Crippen MR) is 91.8 cm³/mol. The number of nitrogens with zero attached hydrogens (tertiary/aromatic N) is 2. The van der Waals surface area contributed by atoms with E-state index in [2.05, 4.69) is 35.9 Å². The molecule has 2 fully saturated rings. The first-order valence-corrected chi connectivity index (χ1v) is 9.43. The zero-order valence-electron chi connectivity index (χ0n) is 14.6. The predicted octanol–water partition coefficient (Wildman–Crippen LogP) is 2.96. The van der Waals surface area contributed by atoms with Crippen molar-refractivity contribution in [3.63, 3.8) is 0 Å². The van der Waals surface area contributed by atoms with Crippen LogP contribution in [0.4, 0.5) is 0 Å². The highest BCUT2D eigenvalue weighted by Gasteiger charge is 2.26. The van der Waals surface area contributed by atoms with Gasteiger partial charge in [0.05, 0.1) is 0 Å². The van der Waals surface area contributed by atoms with Crippen molar-refractivity contribution in [1.82, 2.24) is 15.1 Å². The Bertz CT molecular complexity index is 266. The standard InChI is InChI=1S/C18H37N3/c1-4-6-11-21-14-9-18(10-15-21)19-16(3)17-7-12-20(5-2)13-8-17/h16-19H,4-15H2,1-3H3. The Morgan fingerprint density at radius 2 is 1.57 bits per heavy atom. The van der Waals surface area contributed by atoms with Crippen LogP contribution in [0.5, 0.6) is 0 Å². The van der Waals surface area contributed by atoms with Crippen LogP contribution in [0, 0.1) is 5.92 Å². The van der Waals surface area contributed by atoms with Crippen LogP contribution in [-0.2, 0) is 0 Å². The maximum Gasteiger partial charge on any atom is 0.00940 e. The quantitative estimate of drug-likeness (QED) is 0.779. The molecule has 3 heteroatoms. The molecular weight excluding hydrogens is 258 g/mol. The van der Waals surface area contributed by atoms with Gasteiger partial charge in [-0.1, -0.05) is 20.3 Å². The van der Waals surface area contributed by atoms with Gasteiger partial charge < -0.3 is 15.1 Å². The number of hydrogen-bond acceptors (Lipinski definition) is 3. The molecule has 2 saturated heterocycles. The zero-order chi connectivity index (χ0) is 15.1. The van der Waals surface area contributed by atoms with Crippen molar-refractivity contribution in [3.05, 3.63) is 0 Å². The first kappa shape index (κ1) is 17.2. The van der Waals surface area contributed by atoms with E-state index >= 15 is 0 Å². The van der Waals surface area contributed by atoms with Crippen molar-refractivity contribution in [1.29, 1.82) is 0 Å². The molecule has 2 aliphatic rings. The van der Waals surface area contributed by atoms with Gasteiger partial charge in [0.25, 0.3) is 0 Å². The summed E-state index contributed by atoms with van der Waals surface area (Å²) in [6.45, 7) is 14.8. The fraction of sp³-hybridized carbons (Fsp3) is 1.00. The molecule has 0 saturated carbocycles. The zero-order valence-corrected chi connectivity index (χ0v) is 14.6. The molecule has 0 radical (unpaired) electrons. The van der Waals surface area contributed by atoms with Gasteiger partial charge in [0.2, 0.25) is 0 Å². The molecule has 2 aliphatic heterocycles. The highest BCUT2D eigenvalue weighted by molar-refractivity contribution is 4.84. The lowest BCUT2D eigenvalue weighted by atomic mass is 9.89. The van der Waals surface area contributed by atoms with Gasteiger partial charge in [0, 0.05) is 12.1 Å². The van der Waals surface area contributed by atoms with Crippen LogP contribution in [-0.4, -0.2) is 61.2 Å². The first-order chi connectivity index (χ1) is 10.2. The van der Waals surface area contributed by atoms with Crippen molar-refractivity contribution >= 4 is 0 Å². The largest absolute Gasteiger partial charge is 0.311 e. The Hall–Kier alpha value is -0.120. The summed E-state index contributed by atoms with van der Waals surface area (Å²) in [7, 11) is 0. The van der Waals surface area contributed by atoms with Crippen LogP contribution in [0.15, 0.2) is 0 Å². The molecule has 1 unspecified atom stereocenters. The van der Waals surface area contributed by atoms with E-state index in [1.165, 1.54) is 77.8 Å². The first-order valence-electron chi connectivity index (χ1n) is 9.43. The number of hydrogen-bond donors (Lipinski definition) is 1. The Morgan fingerprint density at radius 1 is 0.952 bits per heavy atom. The summed E-state index contributed by atoms with van der Waals surface area (Å²) in [6.07, 6.45) is 8.16. The summed E-state index contributed by atoms with van der Waals surface area (Å²) >= 11 is 0. The summed E-state index contributed by atoms with van der Waals surface area (Å²) < 4.78 is 0. The molecule has 0 aromatic rings. The summed E-state index contributed by atoms with van der Waals surface area (Å²) in [4.78, 5) is 5.25. The fourth-order valence-electron chi connectivity index (χ4n) is 3.98. The fourth-order valence-corrected chi connectivity index (χ4v) is 3.98. The maximum absolute atomic E-state index is 3.95. The third kappa shape index (κ3) is 5.54. The molecular formula is C18H37N3. The summed E-state index contributed by atoms with van der Waals surface area (Å²) in [6, 6.07) is 1.47. The number of nitrogens with one attached hydrogen (secondary N) is 1. The average molecular weight is 296 g/mol. The Labute approximate surface area is 132 Å². The second kappa shape index (κ2) is 9.12. The van der Waals surface area contributed by atoms with Crippen molar-refractivity contribution in [2.75, 3.05) is 39.3 Å². The summed E-state index contributed by atoms with van der Waals surface area (Å²) in [5.41, 5.74) is 0. The van der Waals surface area contributed by atoms with Crippen LogP contribution in [0.2, 0.25) is 0 Å². The molecule has 0 bridgehead atoms. The van der Waals surface area contributed by atoms with Crippen molar-refractivity contribution in [3.8, 4) is 0 Å². The third-order valence-electron chi connectivity index (χ3n) is 5.70. The number of likely N-dealkylation sites (tertiary alicyclic amines) is 2. The van der Waals surface area contributed by atoms with Crippen LogP contribution >= 0.6 is 0 Å². The molecule has 1 atom stereocenters. The second-order valence-electron chi connectivity index (χ2n) is 7.20. The van der Waals surface area contributed by atoms with E-state index in [0.717, 1.165) is 12.0 Å². The number of rotatable bonds is 7. The monoisotopic (exact) mass is 295 g/mol. The lowest BCUT2D eigenvalue weighted by molar-refractivity contribution is 0.146. The Kier molecular flexibility index (Phi) is 7.48. The SMILES string of the molecule is CCCCN1CCC(NC(C)C2CCN(CC)CC2)CC1. The molecule has 1 N–H and O–H groups in total. The molecule has 3 nitrogen and oxygen atoms in total. The normalized spacial score (nSPS) is 25.3. The van der Waals surface area contributed by atoms with Crippen molar-refractivity contribution in [2.45, 2.75) is 71.4 Å². The van der Waals surface area contributed by atoms with E-state index in [1.54, 1.807) is 0 Å². The van der Waals surface area contributed by atoms with Gasteiger partial charge in [0.15, 0.2) is 0 Å². The smallest absolute Gasteiger partial charge is 0.00940 e. The molecule has 21 heavy (non-hydrogen) atoms. The van der Waals surface area contributed by atoms with Gasteiger partial charge >= 0.3 is 0 Å². The number of piperidine rings is 2. The van der Waals surface area contributed by atoms with E-state index in [0.29, 0.717) is 6.04 Å². The minimum atomic E-state index is 0.705. The van der Waals surface area contributed by atoms with E-state index < -0.39 is 0 Å². The van der Waals surface area contributed by atoms with Crippen LogP contribution in [0.1, 0.15) is 59.3 Å². The van der Waals surface area contributed by atoms with E-state index in [1.807, 2.05) is 0 Å². The summed E-state index contributed by atoms with van der Waals surface area (Å²) in [5.74, 6) is 0.894. The van der Waals surface area contributed by atoms with Crippen LogP contribution < -0.4 is 5.32 Å². The van der Waals surface area contributed by atoms with E-state index in [-0.39, 0.29) is 0 Å². The lowest BCUT2D eigenvalue weighted by Gasteiger charge is -2.38. The molecule has 0 spiro atoms. The van der Waals surface area contributed by atoms with Gasteiger partial charge in [-0.05, 0) is 84.2 Å². The molecule has 2 heterocycles. The lowest BCUT2D eigenvalue weighted by Crippen LogP contribution is -2.49. The minimum Gasteiger partial charge on any atom is -0.311 e. The second-order valence-corrected chi connectivity index (χ2v) is 7.20. The molecule has 0 aromatic heterocycles. The van der Waals surface area contributed by atoms with E-state index in [9.17, 15) is 0 Å². The van der Waals surface area contributed by atoms with Gasteiger partial charge in [-0.15, -0.1) is 0 Å². The molecule has 2 rings (SSSR count). The van der Waals surface area contributed by atoms with E-state index in [4.69, 9.17) is 0 Å². The van der Waals surface area contributed by atoms with Gasteiger partial charge in [-0.3, -0.25) is 0 Å². The average Bonchev–Trinajstić information content (AvgIpc) is 2.54. The molecule has 0 amide bonds. The van der Waals surface area contributed by atoms with Gasteiger partial charge in [-0.25, -0.2) is 0 Å². The van der Waals surface area contributed by atoms with Crippen molar-refractivity contribution < 1.29 is 0 Å². The maximum atomic E-state index is 3.95. The molecule has 0 aromatic carbocycles. The topological polar surface area (TPSA) is 18.5 Å². The Morgan fingerprint density at radius 3 is 2.14 bits per heavy atom. The van der Waals surface area contributed by atoms with Crippen molar-refractivity contribution in [2.24, 2.45) is 5.92 Å². The number of unbranched alkanes of at least 4 members (excludes halogenated alkanes) is 1. The van der Waals surface area contributed by atoms with Gasteiger partial charge in [0.1, 0.15) is 0 Å². The molecule has 124 valence electrons. The molecule has 0 aliphatic carbocycles. The van der Waals surface area contributed by atoms with Crippen LogP contribution in [0.3, 0.4) is 0 Å². The van der Waals surface area contributed by atoms with Crippen LogP contribution in [0.25, 0.3) is 0 Å². The minimum absolute atomic E-state index is 0.705. The highest BCUT2D eigenvalue weighted by Crippen LogP contribution is 2.22. The summed E-state index contributed by atoms with van der Waals surface area (Å²) in [5, 5.41) is 3.95.